The summed E-state index contributed by atoms with van der Waals surface area (Å²) in [5, 5.41) is 9.34. The van der Waals surface area contributed by atoms with E-state index in [1.54, 1.807) is 4.90 Å². The first kappa shape index (κ1) is 13.3. The van der Waals surface area contributed by atoms with Crippen LogP contribution in [0, 0.1) is 5.92 Å². The van der Waals surface area contributed by atoms with Gasteiger partial charge in [0.1, 0.15) is 0 Å². The summed E-state index contributed by atoms with van der Waals surface area (Å²) in [6.07, 6.45) is 1.91. The molecule has 0 unspecified atom stereocenters. The van der Waals surface area contributed by atoms with Gasteiger partial charge in [-0.25, -0.2) is 4.79 Å². The Balaban J connectivity index is 2.83. The van der Waals surface area contributed by atoms with E-state index >= 15 is 0 Å². The Hall–Kier alpha value is -0.770. The molecular formula is C12H24N2O2. The van der Waals surface area contributed by atoms with Gasteiger partial charge in [-0.15, -0.1) is 0 Å². The summed E-state index contributed by atoms with van der Waals surface area (Å²) in [6, 6.07) is 0.346. The molecule has 94 valence electrons. The van der Waals surface area contributed by atoms with Crippen molar-refractivity contribution in [2.45, 2.75) is 64.6 Å². The molecule has 1 aliphatic carbocycles. The van der Waals surface area contributed by atoms with E-state index in [0.717, 1.165) is 19.3 Å². The molecule has 0 spiro atoms. The van der Waals surface area contributed by atoms with Crippen LogP contribution in [-0.2, 0) is 0 Å². The zero-order chi connectivity index (χ0) is 12.5. The summed E-state index contributed by atoms with van der Waals surface area (Å²) in [5.41, 5.74) is 5.57. The third-order valence-electron chi connectivity index (χ3n) is 3.43. The number of carbonyl (C=O) groups is 1. The molecule has 0 aliphatic heterocycles. The SMILES string of the molecule is C[C@@H]1C[C@H](N)CC[C@H]1N(C(=O)O)C(C)(C)C. The molecule has 3 N–H and O–H groups in total. The molecule has 1 amide bonds. The first-order valence-electron chi connectivity index (χ1n) is 6.01. The van der Waals surface area contributed by atoms with E-state index in [2.05, 4.69) is 6.92 Å². The van der Waals surface area contributed by atoms with Crippen LogP contribution in [0.2, 0.25) is 0 Å². The Morgan fingerprint density at radius 1 is 1.38 bits per heavy atom. The Morgan fingerprint density at radius 3 is 2.31 bits per heavy atom. The van der Waals surface area contributed by atoms with Crippen LogP contribution in [-0.4, -0.2) is 33.7 Å². The molecule has 1 aliphatic rings. The van der Waals surface area contributed by atoms with Gasteiger partial charge in [0, 0.05) is 17.6 Å². The predicted molar refractivity (Wildman–Crippen MR) is 64.4 cm³/mol. The molecule has 0 aromatic rings. The van der Waals surface area contributed by atoms with E-state index in [-0.39, 0.29) is 17.6 Å². The summed E-state index contributed by atoms with van der Waals surface area (Å²) in [4.78, 5) is 13.0. The summed E-state index contributed by atoms with van der Waals surface area (Å²) in [7, 11) is 0. The monoisotopic (exact) mass is 228 g/mol. The summed E-state index contributed by atoms with van der Waals surface area (Å²) in [5.74, 6) is 0.346. The highest BCUT2D eigenvalue weighted by Crippen LogP contribution is 2.31. The van der Waals surface area contributed by atoms with Gasteiger partial charge >= 0.3 is 6.09 Å². The Bertz CT molecular complexity index is 260. The number of nitrogens with zero attached hydrogens (tertiary/aromatic N) is 1. The number of hydrogen-bond donors (Lipinski definition) is 2. The van der Waals surface area contributed by atoms with Crippen molar-refractivity contribution >= 4 is 6.09 Å². The maximum atomic E-state index is 11.4. The van der Waals surface area contributed by atoms with Gasteiger partial charge in [0.05, 0.1) is 0 Å². The first-order valence-corrected chi connectivity index (χ1v) is 6.01. The normalized spacial score (nSPS) is 31.2. The molecule has 16 heavy (non-hydrogen) atoms. The van der Waals surface area contributed by atoms with Gasteiger partial charge in [0.25, 0.3) is 0 Å². The van der Waals surface area contributed by atoms with Crippen LogP contribution >= 0.6 is 0 Å². The van der Waals surface area contributed by atoms with Gasteiger partial charge in [-0.3, -0.25) is 0 Å². The van der Waals surface area contributed by atoms with E-state index in [9.17, 15) is 9.90 Å². The van der Waals surface area contributed by atoms with E-state index < -0.39 is 6.09 Å². The van der Waals surface area contributed by atoms with Crippen LogP contribution in [0.25, 0.3) is 0 Å². The van der Waals surface area contributed by atoms with E-state index in [4.69, 9.17) is 5.73 Å². The summed E-state index contributed by atoms with van der Waals surface area (Å²) >= 11 is 0. The molecular weight excluding hydrogens is 204 g/mol. The largest absolute Gasteiger partial charge is 0.465 e. The van der Waals surface area contributed by atoms with Crippen LogP contribution < -0.4 is 5.73 Å². The molecule has 3 atom stereocenters. The average molecular weight is 228 g/mol. The fourth-order valence-corrected chi connectivity index (χ4v) is 2.73. The van der Waals surface area contributed by atoms with Crippen LogP contribution in [0.1, 0.15) is 47.0 Å². The molecule has 4 nitrogen and oxygen atoms in total. The van der Waals surface area contributed by atoms with Crippen molar-refractivity contribution in [3.05, 3.63) is 0 Å². The van der Waals surface area contributed by atoms with E-state index in [1.165, 1.54) is 0 Å². The number of hydrogen-bond acceptors (Lipinski definition) is 2. The topological polar surface area (TPSA) is 66.6 Å². The highest BCUT2D eigenvalue weighted by atomic mass is 16.4. The number of rotatable bonds is 1. The molecule has 1 saturated carbocycles. The van der Waals surface area contributed by atoms with Gasteiger partial charge in [-0.2, -0.15) is 0 Å². The highest BCUT2D eigenvalue weighted by Gasteiger charge is 2.38. The van der Waals surface area contributed by atoms with Crippen molar-refractivity contribution in [3.8, 4) is 0 Å². The van der Waals surface area contributed by atoms with Crippen molar-refractivity contribution in [3.63, 3.8) is 0 Å². The van der Waals surface area contributed by atoms with Crippen LogP contribution in [0.15, 0.2) is 0 Å². The molecule has 4 heteroatoms. The van der Waals surface area contributed by atoms with Crippen molar-refractivity contribution in [2.75, 3.05) is 0 Å². The molecule has 1 rings (SSSR count). The number of carboxylic acid groups (broad SMARTS) is 1. The van der Waals surface area contributed by atoms with E-state index in [1.807, 2.05) is 20.8 Å². The van der Waals surface area contributed by atoms with Crippen LogP contribution in [0.5, 0.6) is 0 Å². The van der Waals surface area contributed by atoms with Crippen molar-refractivity contribution in [1.29, 1.82) is 0 Å². The maximum absolute atomic E-state index is 11.4. The Kier molecular flexibility index (Phi) is 3.84. The Morgan fingerprint density at radius 2 is 1.94 bits per heavy atom. The highest BCUT2D eigenvalue weighted by molar-refractivity contribution is 5.66. The second kappa shape index (κ2) is 4.62. The third kappa shape index (κ3) is 2.88. The standard InChI is InChI=1S/C12H24N2O2/c1-8-7-9(13)5-6-10(8)14(11(15)16)12(2,3)4/h8-10H,5-7,13H2,1-4H3,(H,15,16)/t8-,9-,10-/m1/s1. The molecule has 0 heterocycles. The molecule has 0 radical (unpaired) electrons. The second-order valence-corrected chi connectivity index (χ2v) is 5.94. The second-order valence-electron chi connectivity index (χ2n) is 5.94. The average Bonchev–Trinajstić information content (AvgIpc) is 2.06. The first-order chi connectivity index (χ1) is 7.23. The minimum atomic E-state index is -0.820. The Labute approximate surface area is 97.8 Å². The lowest BCUT2D eigenvalue weighted by Crippen LogP contribution is -2.55. The van der Waals surface area contributed by atoms with Crippen LogP contribution in [0.3, 0.4) is 0 Å². The zero-order valence-corrected chi connectivity index (χ0v) is 10.7. The molecule has 0 bridgehead atoms. The smallest absolute Gasteiger partial charge is 0.407 e. The fraction of sp³-hybridized carbons (Fsp3) is 0.917. The summed E-state index contributed by atoms with van der Waals surface area (Å²) in [6.45, 7) is 7.94. The minimum absolute atomic E-state index is 0.109. The molecule has 0 aromatic heterocycles. The maximum Gasteiger partial charge on any atom is 0.407 e. The lowest BCUT2D eigenvalue weighted by Gasteiger charge is -2.45. The zero-order valence-electron chi connectivity index (χ0n) is 10.7. The van der Waals surface area contributed by atoms with E-state index in [0.29, 0.717) is 5.92 Å². The number of amides is 1. The van der Waals surface area contributed by atoms with Gasteiger partial charge < -0.3 is 15.7 Å². The lowest BCUT2D eigenvalue weighted by molar-refractivity contribution is 0.0336. The quantitative estimate of drug-likeness (QED) is 0.723. The third-order valence-corrected chi connectivity index (χ3v) is 3.43. The van der Waals surface area contributed by atoms with Crippen molar-refractivity contribution in [2.24, 2.45) is 11.7 Å². The summed E-state index contributed by atoms with van der Waals surface area (Å²) < 4.78 is 0. The van der Waals surface area contributed by atoms with Crippen molar-refractivity contribution in [1.82, 2.24) is 4.90 Å². The van der Waals surface area contributed by atoms with Gasteiger partial charge in [-0.1, -0.05) is 6.92 Å². The minimum Gasteiger partial charge on any atom is -0.465 e. The fourth-order valence-electron chi connectivity index (χ4n) is 2.73. The lowest BCUT2D eigenvalue weighted by atomic mass is 9.81. The molecule has 0 saturated heterocycles. The molecule has 1 fully saturated rings. The number of nitrogens with two attached hydrogens (primary N) is 1. The van der Waals surface area contributed by atoms with Gasteiger partial charge in [0.15, 0.2) is 0 Å². The molecule has 0 aromatic carbocycles. The van der Waals surface area contributed by atoms with Crippen LogP contribution in [0.4, 0.5) is 4.79 Å². The predicted octanol–water partition coefficient (Wildman–Crippen LogP) is 2.28. The van der Waals surface area contributed by atoms with Crippen molar-refractivity contribution < 1.29 is 9.90 Å². The van der Waals surface area contributed by atoms with Gasteiger partial charge in [0.2, 0.25) is 0 Å². The van der Waals surface area contributed by atoms with Gasteiger partial charge in [-0.05, 0) is 46.0 Å².